The number of methoxy groups -OCH3 is 1. The van der Waals surface area contributed by atoms with Gasteiger partial charge in [-0.2, -0.15) is 10.2 Å². The lowest BCUT2D eigenvalue weighted by Crippen LogP contribution is -2.24. The number of hydrazone groups is 1. The highest BCUT2D eigenvalue weighted by Crippen LogP contribution is 2.25. The third kappa shape index (κ3) is 5.46. The lowest BCUT2D eigenvalue weighted by Gasteiger charge is -2.09. The predicted octanol–water partition coefficient (Wildman–Crippen LogP) is 4.39. The lowest BCUT2D eigenvalue weighted by molar-refractivity contribution is -0.123. The number of benzene rings is 3. The summed E-state index contributed by atoms with van der Waals surface area (Å²) in [6.45, 7) is 1.85. The normalized spacial score (nSPS) is 10.8. The molecule has 3 aromatic carbocycles. The first-order valence-corrected chi connectivity index (χ1v) is 10.4. The van der Waals surface area contributed by atoms with Crippen molar-refractivity contribution in [3.63, 3.8) is 0 Å². The number of para-hydroxylation sites is 3. The van der Waals surface area contributed by atoms with Gasteiger partial charge in [-0.3, -0.25) is 4.79 Å². The summed E-state index contributed by atoms with van der Waals surface area (Å²) in [4.78, 5) is 12.2. The monoisotopic (exact) mass is 440 g/mol. The fraction of sp³-hybridized carbons (Fsp3) is 0.115. The number of nitrogens with one attached hydrogen (secondary N) is 1. The molecule has 0 bridgehead atoms. The van der Waals surface area contributed by atoms with Gasteiger partial charge < -0.3 is 9.47 Å². The summed E-state index contributed by atoms with van der Waals surface area (Å²) in [5.74, 6) is 0.666. The van der Waals surface area contributed by atoms with Crippen LogP contribution in [0.3, 0.4) is 0 Å². The number of hydrogen-bond donors (Lipinski definition) is 1. The van der Waals surface area contributed by atoms with Gasteiger partial charge in [0.1, 0.15) is 5.69 Å². The first-order valence-electron chi connectivity index (χ1n) is 10.4. The minimum atomic E-state index is -0.385. The minimum Gasteiger partial charge on any atom is -0.493 e. The summed E-state index contributed by atoms with van der Waals surface area (Å²) >= 11 is 0. The molecule has 7 nitrogen and oxygen atoms in total. The molecule has 0 aliphatic carbocycles. The van der Waals surface area contributed by atoms with Crippen molar-refractivity contribution in [3.8, 4) is 28.4 Å². The fourth-order valence-corrected chi connectivity index (χ4v) is 3.22. The van der Waals surface area contributed by atoms with E-state index in [0.29, 0.717) is 11.5 Å². The van der Waals surface area contributed by atoms with Gasteiger partial charge in [0.2, 0.25) is 0 Å². The minimum absolute atomic E-state index is 0.189. The Hall–Kier alpha value is -4.39. The van der Waals surface area contributed by atoms with E-state index in [2.05, 4.69) is 10.5 Å². The molecule has 33 heavy (non-hydrogen) atoms. The smallest absolute Gasteiger partial charge is 0.277 e. The Labute approximate surface area is 192 Å². The maximum Gasteiger partial charge on any atom is 0.277 e. The van der Waals surface area contributed by atoms with E-state index in [1.807, 2.05) is 79.9 Å². The van der Waals surface area contributed by atoms with Crippen LogP contribution in [0.2, 0.25) is 0 Å². The number of aryl methyl sites for hydroxylation is 1. The van der Waals surface area contributed by atoms with Crippen LogP contribution in [-0.4, -0.2) is 35.6 Å². The van der Waals surface area contributed by atoms with Gasteiger partial charge in [0.25, 0.3) is 5.91 Å². The second kappa shape index (κ2) is 10.3. The Morgan fingerprint density at radius 1 is 1.00 bits per heavy atom. The van der Waals surface area contributed by atoms with Crippen molar-refractivity contribution in [2.45, 2.75) is 6.92 Å². The maximum atomic E-state index is 12.2. The summed E-state index contributed by atoms with van der Waals surface area (Å²) in [5.41, 5.74) is 7.10. The highest BCUT2D eigenvalue weighted by molar-refractivity contribution is 5.89. The largest absolute Gasteiger partial charge is 0.493 e. The zero-order valence-corrected chi connectivity index (χ0v) is 18.4. The van der Waals surface area contributed by atoms with E-state index in [1.54, 1.807) is 30.1 Å². The van der Waals surface area contributed by atoms with Crippen LogP contribution in [0.4, 0.5) is 0 Å². The summed E-state index contributed by atoms with van der Waals surface area (Å²) in [5, 5.41) is 8.87. The fourth-order valence-electron chi connectivity index (χ4n) is 3.22. The quantitative estimate of drug-likeness (QED) is 0.326. The van der Waals surface area contributed by atoms with Crippen molar-refractivity contribution in [2.24, 2.45) is 5.10 Å². The van der Waals surface area contributed by atoms with Gasteiger partial charge in [0, 0.05) is 17.3 Å². The zero-order chi connectivity index (χ0) is 23.0. The molecule has 0 aliphatic rings. The molecule has 4 aromatic rings. The van der Waals surface area contributed by atoms with Gasteiger partial charge in [0.05, 0.1) is 19.0 Å². The molecule has 1 aromatic heterocycles. The van der Waals surface area contributed by atoms with E-state index in [0.717, 1.165) is 22.5 Å². The van der Waals surface area contributed by atoms with Crippen molar-refractivity contribution in [1.29, 1.82) is 0 Å². The summed E-state index contributed by atoms with van der Waals surface area (Å²) < 4.78 is 12.5. The molecule has 7 heteroatoms. The molecule has 1 heterocycles. The van der Waals surface area contributed by atoms with Gasteiger partial charge in [0.15, 0.2) is 18.1 Å². The Morgan fingerprint density at radius 2 is 1.70 bits per heavy atom. The third-order valence-electron chi connectivity index (χ3n) is 4.91. The number of hydrogen-bond acceptors (Lipinski definition) is 5. The highest BCUT2D eigenvalue weighted by Gasteiger charge is 2.11. The van der Waals surface area contributed by atoms with Crippen LogP contribution in [0.25, 0.3) is 16.9 Å². The van der Waals surface area contributed by atoms with Crippen molar-refractivity contribution < 1.29 is 14.3 Å². The highest BCUT2D eigenvalue weighted by atomic mass is 16.5. The SMILES string of the molecule is COc1ccccc1OCC(=O)N/N=C\c1cn(-c2ccccc2)nc1-c1ccc(C)cc1. The van der Waals surface area contributed by atoms with Crippen molar-refractivity contribution in [2.75, 3.05) is 13.7 Å². The number of amides is 1. The Balaban J connectivity index is 1.49. The van der Waals surface area contributed by atoms with Crippen LogP contribution in [-0.2, 0) is 4.79 Å². The Bertz CT molecular complexity index is 1250. The third-order valence-corrected chi connectivity index (χ3v) is 4.91. The summed E-state index contributed by atoms with van der Waals surface area (Å²) in [6.07, 6.45) is 3.47. The van der Waals surface area contributed by atoms with E-state index in [9.17, 15) is 4.79 Å². The second-order valence-corrected chi connectivity index (χ2v) is 7.31. The zero-order valence-electron chi connectivity index (χ0n) is 18.4. The number of carbonyl (C=O) groups excluding carboxylic acids is 1. The summed E-state index contributed by atoms with van der Waals surface area (Å²) in [6, 6.07) is 25.1. The Kier molecular flexibility index (Phi) is 6.80. The molecular formula is C26H24N4O3. The van der Waals surface area contributed by atoms with Gasteiger partial charge in [-0.25, -0.2) is 10.1 Å². The second-order valence-electron chi connectivity index (χ2n) is 7.31. The van der Waals surface area contributed by atoms with E-state index in [1.165, 1.54) is 5.56 Å². The molecule has 1 amide bonds. The van der Waals surface area contributed by atoms with Crippen molar-refractivity contribution in [3.05, 3.63) is 96.2 Å². The van der Waals surface area contributed by atoms with Crippen LogP contribution in [0.1, 0.15) is 11.1 Å². The van der Waals surface area contributed by atoms with E-state index in [-0.39, 0.29) is 12.5 Å². The molecule has 0 saturated heterocycles. The number of carbonyl (C=O) groups is 1. The van der Waals surface area contributed by atoms with Crippen LogP contribution >= 0.6 is 0 Å². The maximum absolute atomic E-state index is 12.2. The molecule has 1 N–H and O–H groups in total. The first kappa shape index (κ1) is 21.8. The first-order chi connectivity index (χ1) is 16.1. The molecule has 0 spiro atoms. The lowest BCUT2D eigenvalue weighted by atomic mass is 10.1. The average molecular weight is 441 g/mol. The number of rotatable bonds is 8. The predicted molar refractivity (Wildman–Crippen MR) is 128 cm³/mol. The summed E-state index contributed by atoms with van der Waals surface area (Å²) in [7, 11) is 1.55. The van der Waals surface area contributed by atoms with Gasteiger partial charge in [-0.15, -0.1) is 0 Å². The molecule has 0 radical (unpaired) electrons. The van der Waals surface area contributed by atoms with Gasteiger partial charge in [-0.1, -0.05) is 60.2 Å². The molecular weight excluding hydrogens is 416 g/mol. The van der Waals surface area contributed by atoms with Crippen LogP contribution < -0.4 is 14.9 Å². The molecule has 0 unspecified atom stereocenters. The van der Waals surface area contributed by atoms with Crippen LogP contribution in [0.15, 0.2) is 90.2 Å². The van der Waals surface area contributed by atoms with E-state index >= 15 is 0 Å². The number of ether oxygens (including phenoxy) is 2. The number of aromatic nitrogens is 2. The van der Waals surface area contributed by atoms with Gasteiger partial charge in [-0.05, 0) is 31.2 Å². The molecule has 0 atom stereocenters. The van der Waals surface area contributed by atoms with Crippen molar-refractivity contribution in [1.82, 2.24) is 15.2 Å². The topological polar surface area (TPSA) is 77.7 Å². The van der Waals surface area contributed by atoms with Crippen molar-refractivity contribution >= 4 is 12.1 Å². The molecule has 4 rings (SSSR count). The van der Waals surface area contributed by atoms with E-state index in [4.69, 9.17) is 14.6 Å². The van der Waals surface area contributed by atoms with Crippen LogP contribution in [0.5, 0.6) is 11.5 Å². The molecule has 0 fully saturated rings. The number of nitrogens with zero attached hydrogens (tertiary/aromatic N) is 3. The van der Waals surface area contributed by atoms with Gasteiger partial charge >= 0.3 is 0 Å². The Morgan fingerprint density at radius 3 is 2.42 bits per heavy atom. The average Bonchev–Trinajstić information content (AvgIpc) is 3.28. The van der Waals surface area contributed by atoms with E-state index < -0.39 is 0 Å². The standard InChI is InChI=1S/C26H24N4O3/c1-19-12-14-20(15-13-19)26-21(17-30(29-26)22-8-4-3-5-9-22)16-27-28-25(31)18-33-24-11-7-6-10-23(24)32-2/h3-17H,18H2,1-2H3,(H,28,31)/b27-16-. The molecule has 0 saturated carbocycles. The van der Waals surface area contributed by atoms with Crippen LogP contribution in [0, 0.1) is 6.92 Å². The molecule has 0 aliphatic heterocycles. The molecule has 166 valence electrons.